The molecule has 4 nitrogen and oxygen atoms in total. The van der Waals surface area contributed by atoms with Gasteiger partial charge in [-0.2, -0.15) is 0 Å². The molecule has 2 aromatic rings. The van der Waals surface area contributed by atoms with Gasteiger partial charge in [-0.3, -0.25) is 0 Å². The minimum atomic E-state index is 0.612. The van der Waals surface area contributed by atoms with Gasteiger partial charge in [-0.1, -0.05) is 27.5 Å². The monoisotopic (exact) mass is 390 g/mol. The molecule has 18 heavy (non-hydrogen) atoms. The molecule has 0 spiro atoms. The summed E-state index contributed by atoms with van der Waals surface area (Å²) in [6.07, 6.45) is 1.48. The molecule has 0 aliphatic heterocycles. The van der Waals surface area contributed by atoms with Crippen molar-refractivity contribution < 1.29 is 0 Å². The van der Waals surface area contributed by atoms with Crippen molar-refractivity contribution >= 4 is 60.8 Å². The average molecular weight is 392 g/mol. The van der Waals surface area contributed by atoms with Gasteiger partial charge in [0, 0.05) is 11.5 Å². The van der Waals surface area contributed by atoms with E-state index in [4.69, 9.17) is 11.6 Å². The summed E-state index contributed by atoms with van der Waals surface area (Å²) in [7, 11) is 1.80. The van der Waals surface area contributed by atoms with E-state index in [1.165, 1.54) is 6.33 Å². The fourth-order valence-electron chi connectivity index (χ4n) is 1.35. The van der Waals surface area contributed by atoms with Crippen LogP contribution in [0, 0.1) is 0 Å². The Hall–Kier alpha value is -0.850. The second-order valence-electron chi connectivity index (χ2n) is 3.38. The van der Waals surface area contributed by atoms with E-state index in [1.807, 2.05) is 18.2 Å². The van der Waals surface area contributed by atoms with E-state index < -0.39 is 0 Å². The number of rotatable bonds is 3. The minimum absolute atomic E-state index is 0.612. The molecule has 0 aliphatic rings. The number of nitrogens with zero attached hydrogens (tertiary/aromatic N) is 2. The van der Waals surface area contributed by atoms with Crippen LogP contribution in [0.15, 0.2) is 33.5 Å². The molecule has 7 heteroatoms. The molecule has 0 amide bonds. The molecule has 94 valence electrons. The zero-order valence-corrected chi connectivity index (χ0v) is 13.3. The van der Waals surface area contributed by atoms with Crippen molar-refractivity contribution in [2.75, 3.05) is 17.7 Å². The smallest absolute Gasteiger partial charge is 0.150 e. The molecule has 0 fully saturated rings. The number of nitrogens with one attached hydrogen (secondary N) is 2. The van der Waals surface area contributed by atoms with Crippen molar-refractivity contribution in [3.05, 3.63) is 38.5 Å². The summed E-state index contributed by atoms with van der Waals surface area (Å²) in [5, 5.41) is 6.73. The molecule has 0 unspecified atom stereocenters. The van der Waals surface area contributed by atoms with Gasteiger partial charge < -0.3 is 10.6 Å². The second kappa shape index (κ2) is 5.86. The molecule has 1 aromatic carbocycles. The standard InChI is InChI=1S/C11H9Br2ClN4/c1-15-10-9(13)11(17-5-16-10)18-8-3-2-6(12)4-7(8)14/h2-5H,1H3,(H2,15,16,17,18). The van der Waals surface area contributed by atoms with Gasteiger partial charge in [0.25, 0.3) is 0 Å². The third-order valence-electron chi connectivity index (χ3n) is 2.21. The Kier molecular flexibility index (Phi) is 4.42. The van der Waals surface area contributed by atoms with E-state index in [1.54, 1.807) is 7.05 Å². The molecule has 0 atom stereocenters. The molecule has 2 rings (SSSR count). The van der Waals surface area contributed by atoms with E-state index in [-0.39, 0.29) is 0 Å². The van der Waals surface area contributed by atoms with E-state index in [9.17, 15) is 0 Å². The first-order valence-electron chi connectivity index (χ1n) is 5.02. The van der Waals surface area contributed by atoms with Gasteiger partial charge >= 0.3 is 0 Å². The van der Waals surface area contributed by atoms with Gasteiger partial charge in [0.2, 0.25) is 0 Å². The zero-order valence-electron chi connectivity index (χ0n) is 9.34. The highest BCUT2D eigenvalue weighted by atomic mass is 79.9. The van der Waals surface area contributed by atoms with Crippen molar-refractivity contribution in [2.24, 2.45) is 0 Å². The molecule has 0 radical (unpaired) electrons. The predicted octanol–water partition coefficient (Wildman–Crippen LogP) is 4.44. The molecule has 0 saturated heterocycles. The Labute approximate surface area is 126 Å². The van der Waals surface area contributed by atoms with Gasteiger partial charge in [0.1, 0.15) is 22.4 Å². The number of anilines is 3. The zero-order chi connectivity index (χ0) is 13.1. The highest BCUT2D eigenvalue weighted by Crippen LogP contribution is 2.32. The molecule has 2 N–H and O–H groups in total. The fraction of sp³-hybridized carbons (Fsp3) is 0.0909. The lowest BCUT2D eigenvalue weighted by molar-refractivity contribution is 1.14. The number of hydrogen-bond acceptors (Lipinski definition) is 4. The quantitative estimate of drug-likeness (QED) is 0.811. The van der Waals surface area contributed by atoms with Crippen molar-refractivity contribution in [3.63, 3.8) is 0 Å². The molecular formula is C11H9Br2ClN4. The third kappa shape index (κ3) is 2.93. The first-order chi connectivity index (χ1) is 8.61. The first-order valence-corrected chi connectivity index (χ1v) is 6.98. The van der Waals surface area contributed by atoms with Crippen molar-refractivity contribution in [1.29, 1.82) is 0 Å². The summed E-state index contributed by atoms with van der Waals surface area (Å²) in [4.78, 5) is 8.25. The third-order valence-corrected chi connectivity index (χ3v) is 3.77. The maximum atomic E-state index is 6.14. The normalized spacial score (nSPS) is 10.2. The van der Waals surface area contributed by atoms with Crippen LogP contribution in [0.2, 0.25) is 5.02 Å². The Balaban J connectivity index is 2.34. The van der Waals surface area contributed by atoms with Gasteiger partial charge in [-0.05, 0) is 34.1 Å². The lowest BCUT2D eigenvalue weighted by atomic mass is 10.3. The number of hydrogen-bond donors (Lipinski definition) is 2. The van der Waals surface area contributed by atoms with Crippen LogP contribution in [0.3, 0.4) is 0 Å². The van der Waals surface area contributed by atoms with Crippen LogP contribution >= 0.6 is 43.5 Å². The van der Waals surface area contributed by atoms with Crippen LogP contribution < -0.4 is 10.6 Å². The maximum Gasteiger partial charge on any atom is 0.150 e. The summed E-state index contributed by atoms with van der Waals surface area (Å²) >= 11 is 12.9. The van der Waals surface area contributed by atoms with Crippen LogP contribution in [0.4, 0.5) is 17.3 Å². The van der Waals surface area contributed by atoms with Crippen molar-refractivity contribution in [1.82, 2.24) is 9.97 Å². The molecule has 0 saturated carbocycles. The van der Waals surface area contributed by atoms with Crippen LogP contribution in [-0.2, 0) is 0 Å². The van der Waals surface area contributed by atoms with Gasteiger partial charge in [0.15, 0.2) is 0 Å². The van der Waals surface area contributed by atoms with E-state index in [2.05, 4.69) is 52.5 Å². The molecule has 1 heterocycles. The summed E-state index contributed by atoms with van der Waals surface area (Å²) in [6, 6.07) is 5.60. The largest absolute Gasteiger partial charge is 0.372 e. The minimum Gasteiger partial charge on any atom is -0.372 e. The number of benzene rings is 1. The Morgan fingerprint density at radius 2 is 1.89 bits per heavy atom. The predicted molar refractivity (Wildman–Crippen MR) is 81.7 cm³/mol. The average Bonchev–Trinajstić information content (AvgIpc) is 2.35. The summed E-state index contributed by atoms with van der Waals surface area (Å²) in [6.45, 7) is 0. The highest BCUT2D eigenvalue weighted by Gasteiger charge is 2.09. The van der Waals surface area contributed by atoms with Crippen LogP contribution in [0.25, 0.3) is 0 Å². The lowest BCUT2D eigenvalue weighted by Gasteiger charge is -2.11. The molecule has 1 aromatic heterocycles. The number of aromatic nitrogens is 2. The highest BCUT2D eigenvalue weighted by molar-refractivity contribution is 9.11. The summed E-state index contributed by atoms with van der Waals surface area (Å²) in [5.41, 5.74) is 0.779. The van der Waals surface area contributed by atoms with Crippen LogP contribution in [0.5, 0.6) is 0 Å². The molecule has 0 bridgehead atoms. The fourth-order valence-corrected chi connectivity index (χ4v) is 2.57. The topological polar surface area (TPSA) is 49.8 Å². The first kappa shape index (κ1) is 13.6. The van der Waals surface area contributed by atoms with E-state index in [0.29, 0.717) is 16.7 Å². The molecular weight excluding hydrogens is 383 g/mol. The van der Waals surface area contributed by atoms with Gasteiger partial charge in [-0.25, -0.2) is 9.97 Å². The van der Waals surface area contributed by atoms with Crippen molar-refractivity contribution in [3.8, 4) is 0 Å². The maximum absolute atomic E-state index is 6.14. The summed E-state index contributed by atoms with van der Waals surface area (Å²) < 4.78 is 1.68. The lowest BCUT2D eigenvalue weighted by Crippen LogP contribution is -2.00. The Morgan fingerprint density at radius 1 is 1.17 bits per heavy atom. The SMILES string of the molecule is CNc1ncnc(Nc2ccc(Br)cc2Cl)c1Br. The van der Waals surface area contributed by atoms with E-state index in [0.717, 1.165) is 14.6 Å². The summed E-state index contributed by atoms with van der Waals surface area (Å²) in [5.74, 6) is 1.36. The number of halogens is 3. The van der Waals surface area contributed by atoms with Crippen LogP contribution in [-0.4, -0.2) is 17.0 Å². The van der Waals surface area contributed by atoms with Crippen molar-refractivity contribution in [2.45, 2.75) is 0 Å². The molecule has 0 aliphatic carbocycles. The second-order valence-corrected chi connectivity index (χ2v) is 5.50. The Morgan fingerprint density at radius 3 is 2.56 bits per heavy atom. The van der Waals surface area contributed by atoms with Gasteiger partial charge in [-0.15, -0.1) is 0 Å². The Bertz CT molecular complexity index is 577. The van der Waals surface area contributed by atoms with Gasteiger partial charge in [0.05, 0.1) is 10.7 Å². The van der Waals surface area contributed by atoms with E-state index >= 15 is 0 Å². The van der Waals surface area contributed by atoms with Crippen LogP contribution in [0.1, 0.15) is 0 Å².